The molecule has 3 amide bonds. The van der Waals surface area contributed by atoms with Crippen molar-refractivity contribution in [3.05, 3.63) is 35.4 Å². The summed E-state index contributed by atoms with van der Waals surface area (Å²) >= 11 is 0. The number of primary amides is 1. The van der Waals surface area contributed by atoms with E-state index in [4.69, 9.17) is 5.73 Å². The molecule has 132 valence electrons. The highest BCUT2D eigenvalue weighted by Crippen LogP contribution is 2.13. The average Bonchev–Trinajstić information content (AvgIpc) is 2.81. The number of hydrogen-bond acceptors (Lipinski definition) is 3. The molecule has 1 aromatic rings. The summed E-state index contributed by atoms with van der Waals surface area (Å²) in [4.78, 5) is 29.6. The third kappa shape index (κ3) is 4.47. The summed E-state index contributed by atoms with van der Waals surface area (Å²) in [5.41, 5.74) is 7.71. The van der Waals surface area contributed by atoms with Gasteiger partial charge in [0.25, 0.3) is 0 Å². The number of aryl methyl sites for hydroxylation is 1. The van der Waals surface area contributed by atoms with E-state index in [1.807, 2.05) is 26.1 Å². The van der Waals surface area contributed by atoms with Crippen molar-refractivity contribution < 1.29 is 9.59 Å². The van der Waals surface area contributed by atoms with Crippen LogP contribution in [0.3, 0.4) is 0 Å². The maximum atomic E-state index is 12.8. The molecule has 1 aromatic carbocycles. The van der Waals surface area contributed by atoms with Gasteiger partial charge in [0.05, 0.1) is 6.04 Å². The van der Waals surface area contributed by atoms with Crippen molar-refractivity contribution in [2.45, 2.75) is 32.9 Å². The van der Waals surface area contributed by atoms with Crippen LogP contribution in [0.15, 0.2) is 24.3 Å². The predicted molar refractivity (Wildman–Crippen MR) is 94.5 cm³/mol. The Kier molecular flexibility index (Phi) is 6.20. The average molecular weight is 332 g/mol. The lowest BCUT2D eigenvalue weighted by Gasteiger charge is -2.30. The fourth-order valence-electron chi connectivity index (χ4n) is 3.14. The molecule has 0 aromatic heterocycles. The smallest absolute Gasteiger partial charge is 0.314 e. The van der Waals surface area contributed by atoms with Crippen molar-refractivity contribution in [2.75, 3.05) is 33.2 Å². The van der Waals surface area contributed by atoms with E-state index < -0.39 is 0 Å². The molecule has 24 heavy (non-hydrogen) atoms. The van der Waals surface area contributed by atoms with E-state index in [1.165, 1.54) is 5.56 Å². The molecular weight excluding hydrogens is 304 g/mol. The van der Waals surface area contributed by atoms with Gasteiger partial charge in [-0.2, -0.15) is 0 Å². The van der Waals surface area contributed by atoms with E-state index in [1.54, 1.807) is 9.80 Å². The van der Waals surface area contributed by atoms with E-state index in [9.17, 15) is 9.59 Å². The van der Waals surface area contributed by atoms with Crippen LogP contribution in [0.4, 0.5) is 4.79 Å². The second-order valence-corrected chi connectivity index (χ2v) is 6.51. The summed E-state index contributed by atoms with van der Waals surface area (Å²) < 4.78 is 0. The van der Waals surface area contributed by atoms with Crippen LogP contribution in [-0.4, -0.2) is 65.9 Å². The van der Waals surface area contributed by atoms with E-state index in [2.05, 4.69) is 24.0 Å². The molecular formula is C18H28N4O2. The van der Waals surface area contributed by atoms with E-state index in [0.29, 0.717) is 26.2 Å². The molecule has 0 unspecified atom stereocenters. The van der Waals surface area contributed by atoms with Gasteiger partial charge in [0.1, 0.15) is 0 Å². The lowest BCUT2D eigenvalue weighted by atomic mass is 10.1. The highest BCUT2D eigenvalue weighted by molar-refractivity contribution is 5.81. The van der Waals surface area contributed by atoms with Gasteiger partial charge < -0.3 is 15.5 Å². The maximum absolute atomic E-state index is 12.8. The number of carbonyl (C=O) groups is 2. The molecule has 1 aliphatic rings. The van der Waals surface area contributed by atoms with Gasteiger partial charge in [0.15, 0.2) is 0 Å². The monoisotopic (exact) mass is 332 g/mol. The summed E-state index contributed by atoms with van der Waals surface area (Å²) in [7, 11) is 1.85. The Balaban J connectivity index is 1.95. The Morgan fingerprint density at radius 1 is 1.21 bits per heavy atom. The lowest BCUT2D eigenvalue weighted by Crippen LogP contribution is -2.47. The Morgan fingerprint density at radius 2 is 1.92 bits per heavy atom. The van der Waals surface area contributed by atoms with Crippen LogP contribution < -0.4 is 5.73 Å². The van der Waals surface area contributed by atoms with Gasteiger partial charge in [-0.05, 0) is 31.4 Å². The van der Waals surface area contributed by atoms with E-state index in [0.717, 1.165) is 18.5 Å². The van der Waals surface area contributed by atoms with E-state index in [-0.39, 0.29) is 18.0 Å². The van der Waals surface area contributed by atoms with Crippen LogP contribution in [0.1, 0.15) is 24.5 Å². The molecule has 6 heteroatoms. The molecule has 1 atom stereocenters. The van der Waals surface area contributed by atoms with Gasteiger partial charge in [-0.25, -0.2) is 4.79 Å². The Labute approximate surface area is 144 Å². The Morgan fingerprint density at radius 3 is 2.58 bits per heavy atom. The Bertz CT molecular complexity index is 590. The molecule has 6 nitrogen and oxygen atoms in total. The minimum absolute atomic E-state index is 0.103. The van der Waals surface area contributed by atoms with Gasteiger partial charge in [-0.1, -0.05) is 24.3 Å². The van der Waals surface area contributed by atoms with Crippen molar-refractivity contribution in [1.29, 1.82) is 0 Å². The van der Waals surface area contributed by atoms with E-state index >= 15 is 0 Å². The summed E-state index contributed by atoms with van der Waals surface area (Å²) in [5.74, 6) is 0.103. The molecule has 0 aliphatic carbocycles. The second kappa shape index (κ2) is 8.15. The SMILES string of the molecule is Cc1ccccc1CN(C)C(=O)[C@@H](C)N1CCCN(C(N)=O)CC1. The number of rotatable bonds is 4. The van der Waals surface area contributed by atoms with Crippen LogP contribution in [0.2, 0.25) is 0 Å². The molecule has 1 saturated heterocycles. The van der Waals surface area contributed by atoms with Crippen molar-refractivity contribution in [3.8, 4) is 0 Å². The first-order valence-electron chi connectivity index (χ1n) is 8.48. The number of benzene rings is 1. The zero-order chi connectivity index (χ0) is 17.7. The quantitative estimate of drug-likeness (QED) is 0.907. The largest absolute Gasteiger partial charge is 0.351 e. The maximum Gasteiger partial charge on any atom is 0.314 e. The van der Waals surface area contributed by atoms with Gasteiger partial charge in [-0.15, -0.1) is 0 Å². The third-order valence-electron chi connectivity index (χ3n) is 4.79. The van der Waals surface area contributed by atoms with Crippen molar-refractivity contribution >= 4 is 11.9 Å². The zero-order valence-electron chi connectivity index (χ0n) is 14.9. The standard InChI is InChI=1S/C18H28N4O2/c1-14-7-4-5-8-16(14)13-20(3)17(23)15(2)21-9-6-10-22(12-11-21)18(19)24/h4-5,7-8,15H,6,9-13H2,1-3H3,(H2,19,24)/t15-/m1/s1. The highest BCUT2D eigenvalue weighted by Gasteiger charge is 2.27. The predicted octanol–water partition coefficient (Wildman–Crippen LogP) is 1.43. The number of amides is 3. The normalized spacial score (nSPS) is 17.2. The van der Waals surface area contributed by atoms with Crippen molar-refractivity contribution in [2.24, 2.45) is 5.73 Å². The third-order valence-corrected chi connectivity index (χ3v) is 4.79. The number of hydrogen-bond donors (Lipinski definition) is 1. The second-order valence-electron chi connectivity index (χ2n) is 6.51. The van der Waals surface area contributed by atoms with Gasteiger partial charge in [0, 0.05) is 39.8 Å². The molecule has 0 spiro atoms. The van der Waals surface area contributed by atoms with Crippen LogP contribution in [0.25, 0.3) is 0 Å². The molecule has 1 fully saturated rings. The van der Waals surface area contributed by atoms with Crippen LogP contribution in [-0.2, 0) is 11.3 Å². The zero-order valence-corrected chi connectivity index (χ0v) is 14.9. The first-order valence-corrected chi connectivity index (χ1v) is 8.48. The molecule has 2 rings (SSSR count). The molecule has 1 aliphatic heterocycles. The van der Waals surface area contributed by atoms with Crippen molar-refractivity contribution in [1.82, 2.24) is 14.7 Å². The lowest BCUT2D eigenvalue weighted by molar-refractivity contribution is -0.135. The minimum atomic E-state index is -0.382. The van der Waals surface area contributed by atoms with Crippen LogP contribution in [0.5, 0.6) is 0 Å². The topological polar surface area (TPSA) is 69.9 Å². The number of urea groups is 1. The van der Waals surface area contributed by atoms with Crippen molar-refractivity contribution in [3.63, 3.8) is 0 Å². The fraction of sp³-hybridized carbons (Fsp3) is 0.556. The van der Waals surface area contributed by atoms with Crippen LogP contribution in [0, 0.1) is 6.92 Å². The van der Waals surface area contributed by atoms with Crippen LogP contribution >= 0.6 is 0 Å². The van der Waals surface area contributed by atoms with Gasteiger partial charge in [-0.3, -0.25) is 9.69 Å². The summed E-state index contributed by atoms with van der Waals surface area (Å²) in [5, 5.41) is 0. The summed E-state index contributed by atoms with van der Waals surface area (Å²) in [6.07, 6.45) is 0.835. The number of nitrogens with two attached hydrogens (primary N) is 1. The summed E-state index contributed by atoms with van der Waals surface area (Å²) in [6.45, 7) is 7.32. The molecule has 0 saturated carbocycles. The first-order chi connectivity index (χ1) is 11.4. The van der Waals surface area contributed by atoms with Gasteiger partial charge >= 0.3 is 6.03 Å². The molecule has 1 heterocycles. The summed E-state index contributed by atoms with van der Waals surface area (Å²) in [6, 6.07) is 7.53. The molecule has 0 radical (unpaired) electrons. The first kappa shape index (κ1) is 18.3. The Hall–Kier alpha value is -2.08. The number of likely N-dealkylation sites (N-methyl/N-ethyl adjacent to an activating group) is 1. The molecule has 2 N–H and O–H groups in total. The number of carbonyl (C=O) groups excluding carboxylic acids is 2. The minimum Gasteiger partial charge on any atom is -0.351 e. The van der Waals surface area contributed by atoms with Gasteiger partial charge in [0.2, 0.25) is 5.91 Å². The highest BCUT2D eigenvalue weighted by atomic mass is 16.2. The number of nitrogens with zero attached hydrogens (tertiary/aromatic N) is 3. The fourth-order valence-corrected chi connectivity index (χ4v) is 3.14. The molecule has 0 bridgehead atoms.